The smallest absolute Gasteiger partial charge is 0.0692 e. The standard InChI is InChI=1S/C15H30N2O/c1-3-15(4-2)11-14(8-9-18-15)17-13-7-5-6-12(16)10-13/h12-14,17H,3-11,16H2,1-2H3. The zero-order valence-electron chi connectivity index (χ0n) is 12.1. The van der Waals surface area contributed by atoms with Crippen LogP contribution in [0.4, 0.5) is 0 Å². The summed E-state index contributed by atoms with van der Waals surface area (Å²) >= 11 is 0. The molecule has 3 unspecified atom stereocenters. The van der Waals surface area contributed by atoms with Gasteiger partial charge in [-0.05, 0) is 44.9 Å². The molecule has 106 valence electrons. The van der Waals surface area contributed by atoms with E-state index in [1.165, 1.54) is 25.7 Å². The lowest BCUT2D eigenvalue weighted by Crippen LogP contribution is -2.51. The molecule has 3 heteroatoms. The molecule has 3 N–H and O–H groups in total. The van der Waals surface area contributed by atoms with Crippen LogP contribution in [0.15, 0.2) is 0 Å². The highest BCUT2D eigenvalue weighted by Gasteiger charge is 2.35. The zero-order valence-corrected chi connectivity index (χ0v) is 12.1. The minimum atomic E-state index is 0.132. The van der Waals surface area contributed by atoms with Crippen LogP contribution in [0.2, 0.25) is 0 Å². The van der Waals surface area contributed by atoms with Crippen LogP contribution in [0.25, 0.3) is 0 Å². The Balaban J connectivity index is 1.85. The van der Waals surface area contributed by atoms with Gasteiger partial charge in [-0.3, -0.25) is 0 Å². The van der Waals surface area contributed by atoms with Crippen LogP contribution in [0.5, 0.6) is 0 Å². The first-order valence-electron chi connectivity index (χ1n) is 7.83. The Morgan fingerprint density at radius 2 is 1.94 bits per heavy atom. The van der Waals surface area contributed by atoms with Crippen molar-refractivity contribution in [2.45, 2.75) is 88.9 Å². The Labute approximate surface area is 112 Å². The van der Waals surface area contributed by atoms with Gasteiger partial charge in [-0.2, -0.15) is 0 Å². The maximum atomic E-state index is 6.07. The first kappa shape index (κ1) is 14.3. The molecule has 0 bridgehead atoms. The molecule has 3 nitrogen and oxygen atoms in total. The molecule has 0 aromatic heterocycles. The van der Waals surface area contributed by atoms with Crippen molar-refractivity contribution in [1.82, 2.24) is 5.32 Å². The van der Waals surface area contributed by atoms with Crippen molar-refractivity contribution in [2.75, 3.05) is 6.61 Å². The Hall–Kier alpha value is -0.120. The highest BCUT2D eigenvalue weighted by Crippen LogP contribution is 2.32. The highest BCUT2D eigenvalue weighted by atomic mass is 16.5. The number of rotatable bonds is 4. The van der Waals surface area contributed by atoms with Crippen LogP contribution in [-0.4, -0.2) is 30.3 Å². The molecule has 0 aromatic rings. The van der Waals surface area contributed by atoms with Gasteiger partial charge in [0.25, 0.3) is 0 Å². The molecule has 2 aliphatic rings. The Morgan fingerprint density at radius 3 is 2.61 bits per heavy atom. The van der Waals surface area contributed by atoms with Crippen molar-refractivity contribution in [3.05, 3.63) is 0 Å². The largest absolute Gasteiger partial charge is 0.375 e. The molecule has 0 amide bonds. The lowest BCUT2D eigenvalue weighted by atomic mass is 9.84. The number of hydrogen-bond acceptors (Lipinski definition) is 3. The predicted molar refractivity (Wildman–Crippen MR) is 75.7 cm³/mol. The summed E-state index contributed by atoms with van der Waals surface area (Å²) < 4.78 is 6.04. The van der Waals surface area contributed by atoms with E-state index in [0.717, 1.165) is 32.3 Å². The SMILES string of the molecule is CCC1(CC)CC(NC2CCCC(N)C2)CCO1. The Kier molecular flexibility index (Phi) is 5.05. The fraction of sp³-hybridized carbons (Fsp3) is 1.00. The van der Waals surface area contributed by atoms with E-state index in [0.29, 0.717) is 18.1 Å². The fourth-order valence-corrected chi connectivity index (χ4v) is 3.63. The fourth-order valence-electron chi connectivity index (χ4n) is 3.63. The normalized spacial score (nSPS) is 36.5. The summed E-state index contributed by atoms with van der Waals surface area (Å²) in [6, 6.07) is 1.69. The van der Waals surface area contributed by atoms with Gasteiger partial charge in [0.2, 0.25) is 0 Å². The number of ether oxygens (including phenoxy) is 1. The van der Waals surface area contributed by atoms with E-state index in [9.17, 15) is 0 Å². The maximum Gasteiger partial charge on any atom is 0.0692 e. The summed E-state index contributed by atoms with van der Waals surface area (Å²) in [5, 5.41) is 3.85. The van der Waals surface area contributed by atoms with Gasteiger partial charge in [0.05, 0.1) is 5.60 Å². The molecule has 1 aliphatic heterocycles. The van der Waals surface area contributed by atoms with E-state index in [1.807, 2.05) is 0 Å². The zero-order chi connectivity index (χ0) is 13.0. The molecule has 2 fully saturated rings. The van der Waals surface area contributed by atoms with Crippen LogP contribution in [0.1, 0.15) is 65.2 Å². The second-order valence-corrected chi connectivity index (χ2v) is 6.22. The summed E-state index contributed by atoms with van der Waals surface area (Å²) in [5.41, 5.74) is 6.20. The number of hydrogen-bond donors (Lipinski definition) is 2. The molecule has 1 saturated carbocycles. The van der Waals surface area contributed by atoms with Crippen molar-refractivity contribution in [3.8, 4) is 0 Å². The van der Waals surface area contributed by atoms with Gasteiger partial charge in [-0.15, -0.1) is 0 Å². The van der Waals surface area contributed by atoms with E-state index < -0.39 is 0 Å². The van der Waals surface area contributed by atoms with Crippen molar-refractivity contribution in [1.29, 1.82) is 0 Å². The molecule has 2 rings (SSSR count). The molecule has 18 heavy (non-hydrogen) atoms. The number of nitrogens with two attached hydrogens (primary N) is 1. The van der Waals surface area contributed by atoms with Crippen molar-refractivity contribution >= 4 is 0 Å². The summed E-state index contributed by atoms with van der Waals surface area (Å²) in [4.78, 5) is 0. The van der Waals surface area contributed by atoms with Crippen molar-refractivity contribution in [2.24, 2.45) is 5.73 Å². The average molecular weight is 254 g/mol. The van der Waals surface area contributed by atoms with Crippen LogP contribution in [-0.2, 0) is 4.74 Å². The molecule has 3 atom stereocenters. The Morgan fingerprint density at radius 1 is 1.17 bits per heavy atom. The van der Waals surface area contributed by atoms with Crippen molar-refractivity contribution < 1.29 is 4.74 Å². The second-order valence-electron chi connectivity index (χ2n) is 6.22. The van der Waals surface area contributed by atoms with Crippen LogP contribution in [0, 0.1) is 0 Å². The number of nitrogens with one attached hydrogen (secondary N) is 1. The lowest BCUT2D eigenvalue weighted by Gasteiger charge is -2.42. The summed E-state index contributed by atoms with van der Waals surface area (Å²) in [7, 11) is 0. The summed E-state index contributed by atoms with van der Waals surface area (Å²) in [6.07, 6.45) is 9.55. The van der Waals surface area contributed by atoms with E-state index in [2.05, 4.69) is 19.2 Å². The third kappa shape index (κ3) is 3.46. The van der Waals surface area contributed by atoms with Gasteiger partial charge < -0.3 is 15.8 Å². The molecule has 0 aromatic carbocycles. The lowest BCUT2D eigenvalue weighted by molar-refractivity contribution is -0.0944. The van der Waals surface area contributed by atoms with E-state index in [1.54, 1.807) is 0 Å². The van der Waals surface area contributed by atoms with Gasteiger partial charge >= 0.3 is 0 Å². The molecule has 0 radical (unpaired) electrons. The highest BCUT2D eigenvalue weighted by molar-refractivity contribution is 4.91. The minimum Gasteiger partial charge on any atom is -0.375 e. The third-order valence-corrected chi connectivity index (χ3v) is 4.97. The summed E-state index contributed by atoms with van der Waals surface area (Å²) in [6.45, 7) is 5.42. The molecule has 1 saturated heterocycles. The first-order valence-corrected chi connectivity index (χ1v) is 7.83. The maximum absolute atomic E-state index is 6.07. The van der Waals surface area contributed by atoms with Gasteiger partial charge in [0, 0.05) is 24.7 Å². The van der Waals surface area contributed by atoms with Crippen LogP contribution < -0.4 is 11.1 Å². The Bertz CT molecular complexity index is 253. The second kappa shape index (κ2) is 6.36. The van der Waals surface area contributed by atoms with Crippen LogP contribution in [0.3, 0.4) is 0 Å². The van der Waals surface area contributed by atoms with Gasteiger partial charge in [0.15, 0.2) is 0 Å². The average Bonchev–Trinajstić information content (AvgIpc) is 2.39. The van der Waals surface area contributed by atoms with Gasteiger partial charge in [-0.1, -0.05) is 20.3 Å². The van der Waals surface area contributed by atoms with E-state index in [-0.39, 0.29) is 5.60 Å². The van der Waals surface area contributed by atoms with Gasteiger partial charge in [0.1, 0.15) is 0 Å². The topological polar surface area (TPSA) is 47.3 Å². The van der Waals surface area contributed by atoms with E-state index in [4.69, 9.17) is 10.5 Å². The molecular weight excluding hydrogens is 224 g/mol. The predicted octanol–water partition coefficient (Wildman–Crippen LogP) is 2.58. The van der Waals surface area contributed by atoms with Crippen LogP contribution >= 0.6 is 0 Å². The molecule has 1 heterocycles. The van der Waals surface area contributed by atoms with Gasteiger partial charge in [-0.25, -0.2) is 0 Å². The molecule has 1 aliphatic carbocycles. The quantitative estimate of drug-likeness (QED) is 0.810. The summed E-state index contributed by atoms with van der Waals surface area (Å²) in [5.74, 6) is 0. The first-order chi connectivity index (χ1) is 8.67. The minimum absolute atomic E-state index is 0.132. The molecular formula is C15H30N2O. The third-order valence-electron chi connectivity index (χ3n) is 4.97. The monoisotopic (exact) mass is 254 g/mol. The van der Waals surface area contributed by atoms with E-state index >= 15 is 0 Å². The molecule has 0 spiro atoms. The van der Waals surface area contributed by atoms with Crippen molar-refractivity contribution in [3.63, 3.8) is 0 Å².